The molecule has 0 aromatic carbocycles. The van der Waals surface area contributed by atoms with Crippen LogP contribution in [0.3, 0.4) is 0 Å². The average molecular weight is 128 g/mol. The third-order valence-electron chi connectivity index (χ3n) is 0.366. The van der Waals surface area contributed by atoms with Crippen molar-refractivity contribution in [3.05, 3.63) is 12.2 Å². The predicted octanol–water partition coefficient (Wildman–Crippen LogP) is -0.536. The van der Waals surface area contributed by atoms with Crippen LogP contribution in [-0.2, 0) is 4.79 Å². The Morgan fingerprint density at radius 1 is 1.75 bits per heavy atom. The molecule has 0 fully saturated rings. The Labute approximate surface area is 66.1 Å². The van der Waals surface area contributed by atoms with Crippen LogP contribution < -0.4 is 0 Å². The fourth-order valence-corrected chi connectivity index (χ4v) is 0.154. The molecule has 0 amide bonds. The Morgan fingerprint density at radius 3 is 2.38 bits per heavy atom. The maximum absolute atomic E-state index is 9.56. The minimum Gasteiger partial charge on any atom is -1.00 e. The van der Waals surface area contributed by atoms with E-state index in [9.17, 15) is 4.79 Å². The van der Waals surface area contributed by atoms with Gasteiger partial charge in [-0.3, -0.25) is 0 Å². The van der Waals surface area contributed by atoms with E-state index in [1.807, 2.05) is 0 Å². The van der Waals surface area contributed by atoms with E-state index in [0.29, 0.717) is 0 Å². The molecule has 0 saturated carbocycles. The molecule has 0 rings (SSSR count). The molecule has 0 aliphatic rings. The van der Waals surface area contributed by atoms with Gasteiger partial charge in [-0.1, -0.05) is 6.08 Å². The van der Waals surface area contributed by atoms with Crippen LogP contribution in [-0.4, -0.2) is 45.8 Å². The van der Waals surface area contributed by atoms with Gasteiger partial charge in [0.1, 0.15) is 0 Å². The van der Waals surface area contributed by atoms with Crippen LogP contribution in [0, 0.1) is 0 Å². The first-order valence-corrected chi connectivity index (χ1v) is 1.77. The van der Waals surface area contributed by atoms with Crippen molar-refractivity contribution in [3.63, 3.8) is 0 Å². The summed E-state index contributed by atoms with van der Waals surface area (Å²) >= 11 is 0. The SMILES string of the molecule is O=C(O)C=CCO.[H-].[H-].[Mg+2]. The van der Waals surface area contributed by atoms with Crippen molar-refractivity contribution in [3.8, 4) is 0 Å². The Balaban J connectivity index is -0.0000000600. The summed E-state index contributed by atoms with van der Waals surface area (Å²) < 4.78 is 0. The molecule has 44 valence electrons. The predicted molar refractivity (Wildman–Crippen MR) is 31.8 cm³/mol. The molecule has 0 aromatic heterocycles. The van der Waals surface area contributed by atoms with Gasteiger partial charge in [-0.25, -0.2) is 4.79 Å². The molecule has 3 nitrogen and oxygen atoms in total. The van der Waals surface area contributed by atoms with Gasteiger partial charge in [0.05, 0.1) is 6.61 Å². The smallest absolute Gasteiger partial charge is 1.00 e. The van der Waals surface area contributed by atoms with Crippen LogP contribution in [0.25, 0.3) is 0 Å². The summed E-state index contributed by atoms with van der Waals surface area (Å²) in [6.45, 7) is -0.216. The van der Waals surface area contributed by atoms with Gasteiger partial charge in [-0.05, 0) is 0 Å². The van der Waals surface area contributed by atoms with Crippen molar-refractivity contribution in [2.45, 2.75) is 0 Å². The van der Waals surface area contributed by atoms with E-state index < -0.39 is 5.97 Å². The zero-order valence-electron chi connectivity index (χ0n) is 6.37. The number of carboxylic acid groups (broad SMARTS) is 1. The summed E-state index contributed by atoms with van der Waals surface area (Å²) in [7, 11) is 0. The summed E-state index contributed by atoms with van der Waals surface area (Å²) in [6, 6.07) is 0. The number of aliphatic carboxylic acids is 1. The van der Waals surface area contributed by atoms with E-state index in [1.165, 1.54) is 0 Å². The minimum atomic E-state index is -1.03. The van der Waals surface area contributed by atoms with E-state index in [4.69, 9.17) is 10.2 Å². The van der Waals surface area contributed by atoms with Gasteiger partial charge < -0.3 is 13.1 Å². The molecule has 2 N–H and O–H groups in total. The number of hydrogen-bond donors (Lipinski definition) is 2. The standard InChI is InChI=1S/C4H6O3.Mg.2H/c5-3-1-2-4(6)7;;;/h1-2,5H,3H2,(H,6,7);;;/q;+2;2*-1. The Kier molecular flexibility index (Phi) is 9.39. The molecular formula is C4H8MgO3. The summed E-state index contributed by atoms with van der Waals surface area (Å²) in [5, 5.41) is 15.8. The Morgan fingerprint density at radius 2 is 2.25 bits per heavy atom. The van der Waals surface area contributed by atoms with E-state index >= 15 is 0 Å². The van der Waals surface area contributed by atoms with Crippen molar-refractivity contribution in [2.75, 3.05) is 6.61 Å². The molecule has 0 atom stereocenters. The molecule has 0 aromatic rings. The van der Waals surface area contributed by atoms with Gasteiger partial charge in [0.25, 0.3) is 0 Å². The molecule has 0 bridgehead atoms. The normalized spacial score (nSPS) is 8.62. The summed E-state index contributed by atoms with van der Waals surface area (Å²) in [5.74, 6) is -1.03. The molecule has 0 spiro atoms. The Hall–Kier alpha value is -0.0638. The first-order valence-electron chi connectivity index (χ1n) is 1.77. The van der Waals surface area contributed by atoms with Crippen LogP contribution in [0.15, 0.2) is 12.2 Å². The van der Waals surface area contributed by atoms with Crippen molar-refractivity contribution in [1.82, 2.24) is 0 Å². The fourth-order valence-electron chi connectivity index (χ4n) is 0.154. The van der Waals surface area contributed by atoms with Crippen molar-refractivity contribution in [2.24, 2.45) is 0 Å². The third kappa shape index (κ3) is 9.34. The van der Waals surface area contributed by atoms with Crippen LogP contribution in [0.4, 0.5) is 0 Å². The second-order valence-corrected chi connectivity index (χ2v) is 0.923. The number of aliphatic hydroxyl groups excluding tert-OH is 1. The average Bonchev–Trinajstić information content (AvgIpc) is 1.61. The van der Waals surface area contributed by atoms with Crippen LogP contribution in [0.2, 0.25) is 0 Å². The monoisotopic (exact) mass is 128 g/mol. The van der Waals surface area contributed by atoms with Crippen molar-refractivity contribution >= 4 is 29.0 Å². The largest absolute Gasteiger partial charge is 2.00 e. The van der Waals surface area contributed by atoms with Gasteiger partial charge in [0.15, 0.2) is 0 Å². The number of rotatable bonds is 2. The van der Waals surface area contributed by atoms with Crippen molar-refractivity contribution < 1.29 is 17.9 Å². The second-order valence-electron chi connectivity index (χ2n) is 0.923. The molecule has 0 aliphatic carbocycles. The zero-order chi connectivity index (χ0) is 5.70. The van der Waals surface area contributed by atoms with Gasteiger partial charge in [-0.15, -0.1) is 0 Å². The summed E-state index contributed by atoms with van der Waals surface area (Å²) in [6.07, 6.45) is 2.04. The van der Waals surface area contributed by atoms with Crippen LogP contribution >= 0.6 is 0 Å². The zero-order valence-corrected chi connectivity index (χ0v) is 5.79. The van der Waals surface area contributed by atoms with E-state index in [2.05, 4.69) is 0 Å². The molecule has 8 heavy (non-hydrogen) atoms. The summed E-state index contributed by atoms with van der Waals surface area (Å²) in [5.41, 5.74) is 0. The second kappa shape index (κ2) is 6.94. The maximum Gasteiger partial charge on any atom is 2.00 e. The number of aliphatic hydroxyl groups is 1. The third-order valence-corrected chi connectivity index (χ3v) is 0.366. The molecule has 0 aliphatic heterocycles. The number of hydrogen-bond acceptors (Lipinski definition) is 2. The molecule has 4 heteroatoms. The topological polar surface area (TPSA) is 57.5 Å². The number of carbonyl (C=O) groups is 1. The molecule has 0 unspecified atom stereocenters. The molecular weight excluding hydrogens is 120 g/mol. The minimum absolute atomic E-state index is 0. The quantitative estimate of drug-likeness (QED) is 0.388. The maximum atomic E-state index is 9.56. The molecule has 0 radical (unpaired) electrons. The van der Waals surface area contributed by atoms with E-state index in [-0.39, 0.29) is 32.5 Å². The van der Waals surface area contributed by atoms with E-state index in [1.54, 1.807) is 0 Å². The first-order chi connectivity index (χ1) is 3.27. The molecule has 0 saturated heterocycles. The van der Waals surface area contributed by atoms with Crippen LogP contribution in [0.5, 0.6) is 0 Å². The fraction of sp³-hybridized carbons (Fsp3) is 0.250. The van der Waals surface area contributed by atoms with Gasteiger partial charge in [-0.2, -0.15) is 0 Å². The summed E-state index contributed by atoms with van der Waals surface area (Å²) in [4.78, 5) is 9.56. The number of carboxylic acids is 1. The van der Waals surface area contributed by atoms with Crippen molar-refractivity contribution in [1.29, 1.82) is 0 Å². The molecule has 0 heterocycles. The van der Waals surface area contributed by atoms with E-state index in [0.717, 1.165) is 12.2 Å². The Bertz CT molecular complexity index is 96.5. The van der Waals surface area contributed by atoms with Crippen LogP contribution in [0.1, 0.15) is 2.85 Å². The van der Waals surface area contributed by atoms with Gasteiger partial charge in [0.2, 0.25) is 0 Å². The van der Waals surface area contributed by atoms with Gasteiger partial charge >= 0.3 is 29.0 Å². The van der Waals surface area contributed by atoms with Gasteiger partial charge in [0, 0.05) is 6.08 Å². The first kappa shape index (κ1) is 10.8.